The number of carbonyl (C=O) groups excluding carboxylic acids is 1. The second-order valence-electron chi connectivity index (χ2n) is 3.65. The van der Waals surface area contributed by atoms with Crippen LogP contribution in [0, 0.1) is 12.8 Å². The second-order valence-corrected chi connectivity index (χ2v) is 5.62. The van der Waals surface area contributed by atoms with Gasteiger partial charge in [0.15, 0.2) is 0 Å². The van der Waals surface area contributed by atoms with E-state index >= 15 is 0 Å². The van der Waals surface area contributed by atoms with Crippen LogP contribution < -0.4 is 0 Å². The summed E-state index contributed by atoms with van der Waals surface area (Å²) in [5, 5.41) is 0. The zero-order valence-corrected chi connectivity index (χ0v) is 11.2. The fourth-order valence-corrected chi connectivity index (χ4v) is 2.98. The number of benzene rings is 1. The molecule has 0 saturated carbocycles. The van der Waals surface area contributed by atoms with Crippen LogP contribution in [0.25, 0.3) is 0 Å². The minimum absolute atomic E-state index is 0.104. The molecule has 0 amide bonds. The summed E-state index contributed by atoms with van der Waals surface area (Å²) in [5.74, 6) is -0.104. The summed E-state index contributed by atoms with van der Waals surface area (Å²) in [7, 11) is 0. The lowest BCUT2D eigenvalue weighted by molar-refractivity contribution is -0.108. The molecule has 1 aromatic carbocycles. The molecular weight excluding hydrogens is 284 g/mol. The van der Waals surface area contributed by atoms with Gasteiger partial charge in [0.1, 0.15) is 6.29 Å². The van der Waals surface area contributed by atoms with Gasteiger partial charge >= 0.3 is 0 Å². The van der Waals surface area contributed by atoms with Gasteiger partial charge in [-0.3, -0.25) is 0 Å². The number of thioether (sulfide) groups is 1. The van der Waals surface area contributed by atoms with Crippen LogP contribution in [0.15, 0.2) is 50.7 Å². The number of hydrogen-bond donors (Lipinski definition) is 0. The van der Waals surface area contributed by atoms with Crippen molar-refractivity contribution in [3.05, 3.63) is 51.4 Å². The largest absolute Gasteiger partial charge is 0.302 e. The number of carbonyl (C=O) groups is 1. The lowest BCUT2D eigenvalue weighted by atomic mass is 10.2. The molecule has 1 aliphatic carbocycles. The summed E-state index contributed by atoms with van der Waals surface area (Å²) in [6.07, 6.45) is 4.85. The van der Waals surface area contributed by atoms with Crippen LogP contribution in [0.3, 0.4) is 0 Å². The number of aryl methyl sites for hydroxylation is 1. The molecule has 1 aromatic rings. The topological polar surface area (TPSA) is 17.1 Å². The van der Waals surface area contributed by atoms with Crippen LogP contribution >= 0.6 is 27.7 Å². The molecule has 1 atom stereocenters. The van der Waals surface area contributed by atoms with E-state index in [4.69, 9.17) is 0 Å². The predicted molar refractivity (Wildman–Crippen MR) is 71.7 cm³/mol. The van der Waals surface area contributed by atoms with Gasteiger partial charge in [0.2, 0.25) is 0 Å². The molecule has 0 bridgehead atoms. The summed E-state index contributed by atoms with van der Waals surface area (Å²) in [5.41, 5.74) is 1.25. The van der Waals surface area contributed by atoms with Crippen molar-refractivity contribution in [2.75, 3.05) is 0 Å². The number of aldehydes is 1. The average Bonchev–Trinajstić information content (AvgIpc) is 2.63. The fourth-order valence-electron chi connectivity index (χ4n) is 1.44. The van der Waals surface area contributed by atoms with Gasteiger partial charge < -0.3 is 4.79 Å². The first-order valence-electron chi connectivity index (χ1n) is 4.98. The van der Waals surface area contributed by atoms with Crippen molar-refractivity contribution in [2.24, 2.45) is 5.92 Å². The quantitative estimate of drug-likeness (QED) is 0.782. The van der Waals surface area contributed by atoms with Crippen LogP contribution in [-0.4, -0.2) is 6.29 Å². The standard InChI is InChI=1S/C13H11BrOS/c1-9-2-5-11(6-3-9)16-12-7-4-10(8-15)13(12)14/h2-8,10H,1H3/t10-/m0/s1. The van der Waals surface area contributed by atoms with Gasteiger partial charge in [-0.05, 0) is 19.1 Å². The third-order valence-corrected chi connectivity index (χ3v) is 4.68. The first-order valence-corrected chi connectivity index (χ1v) is 6.59. The molecule has 0 heterocycles. The Morgan fingerprint density at radius 2 is 2.00 bits per heavy atom. The summed E-state index contributed by atoms with van der Waals surface area (Å²) in [6, 6.07) is 8.37. The van der Waals surface area contributed by atoms with Gasteiger partial charge in [-0.1, -0.05) is 57.5 Å². The second kappa shape index (κ2) is 5.02. The van der Waals surface area contributed by atoms with E-state index in [1.165, 1.54) is 10.5 Å². The molecule has 0 N–H and O–H groups in total. The van der Waals surface area contributed by atoms with Crippen LogP contribution in [0.4, 0.5) is 0 Å². The molecular formula is C13H11BrOS. The van der Waals surface area contributed by atoms with E-state index in [0.717, 1.165) is 15.7 Å². The number of hydrogen-bond acceptors (Lipinski definition) is 2. The van der Waals surface area contributed by atoms with Crippen LogP contribution in [0.2, 0.25) is 0 Å². The number of allylic oxidation sites excluding steroid dienone is 3. The Labute approximate surface area is 108 Å². The normalized spacial score (nSPS) is 19.2. The first kappa shape index (κ1) is 11.7. The van der Waals surface area contributed by atoms with Gasteiger partial charge in [-0.2, -0.15) is 0 Å². The lowest BCUT2D eigenvalue weighted by Crippen LogP contribution is -1.93. The van der Waals surface area contributed by atoms with Crippen LogP contribution in [-0.2, 0) is 4.79 Å². The highest BCUT2D eigenvalue weighted by Crippen LogP contribution is 2.39. The van der Waals surface area contributed by atoms with Crippen molar-refractivity contribution in [2.45, 2.75) is 11.8 Å². The first-order chi connectivity index (χ1) is 7.70. The Morgan fingerprint density at radius 1 is 1.31 bits per heavy atom. The number of halogens is 1. The molecule has 1 aliphatic rings. The highest BCUT2D eigenvalue weighted by molar-refractivity contribution is 9.11. The Balaban J connectivity index is 2.17. The van der Waals surface area contributed by atoms with Crippen LogP contribution in [0.1, 0.15) is 5.56 Å². The molecule has 82 valence electrons. The summed E-state index contributed by atoms with van der Waals surface area (Å²) in [6.45, 7) is 2.07. The molecule has 16 heavy (non-hydrogen) atoms. The van der Waals surface area contributed by atoms with Gasteiger partial charge in [-0.15, -0.1) is 0 Å². The van der Waals surface area contributed by atoms with Crippen molar-refractivity contribution >= 4 is 34.0 Å². The molecule has 2 rings (SSSR count). The van der Waals surface area contributed by atoms with E-state index < -0.39 is 0 Å². The van der Waals surface area contributed by atoms with Crippen molar-refractivity contribution < 1.29 is 4.79 Å². The maximum atomic E-state index is 10.7. The molecule has 0 saturated heterocycles. The van der Waals surface area contributed by atoms with Crippen molar-refractivity contribution in [1.82, 2.24) is 0 Å². The molecule has 1 nitrogen and oxygen atoms in total. The SMILES string of the molecule is Cc1ccc(SC2=C(Br)[C@H](C=O)C=C2)cc1. The monoisotopic (exact) mass is 294 g/mol. The van der Waals surface area contributed by atoms with Gasteiger partial charge in [0, 0.05) is 14.3 Å². The maximum Gasteiger partial charge on any atom is 0.131 e. The highest BCUT2D eigenvalue weighted by Gasteiger charge is 2.18. The van der Waals surface area contributed by atoms with E-state index in [1.54, 1.807) is 11.8 Å². The van der Waals surface area contributed by atoms with Gasteiger partial charge in [0.05, 0.1) is 5.92 Å². The van der Waals surface area contributed by atoms with E-state index in [-0.39, 0.29) is 5.92 Å². The minimum Gasteiger partial charge on any atom is -0.302 e. The number of rotatable bonds is 3. The van der Waals surface area contributed by atoms with Gasteiger partial charge in [0.25, 0.3) is 0 Å². The van der Waals surface area contributed by atoms with Crippen molar-refractivity contribution in [3.63, 3.8) is 0 Å². The molecule has 0 radical (unpaired) electrons. The lowest BCUT2D eigenvalue weighted by Gasteiger charge is -2.04. The third kappa shape index (κ3) is 2.47. The average molecular weight is 295 g/mol. The van der Waals surface area contributed by atoms with Crippen molar-refractivity contribution in [1.29, 1.82) is 0 Å². The molecule has 0 fully saturated rings. The molecule has 3 heteroatoms. The van der Waals surface area contributed by atoms with E-state index in [9.17, 15) is 4.79 Å². The molecule has 0 spiro atoms. The molecule has 0 unspecified atom stereocenters. The third-order valence-electron chi connectivity index (χ3n) is 2.38. The van der Waals surface area contributed by atoms with E-state index in [1.807, 2.05) is 12.2 Å². The zero-order chi connectivity index (χ0) is 11.5. The predicted octanol–water partition coefficient (Wildman–Crippen LogP) is 4.08. The Kier molecular flexibility index (Phi) is 3.66. The van der Waals surface area contributed by atoms with E-state index in [0.29, 0.717) is 0 Å². The summed E-state index contributed by atoms with van der Waals surface area (Å²) < 4.78 is 0.966. The zero-order valence-electron chi connectivity index (χ0n) is 8.81. The van der Waals surface area contributed by atoms with Crippen LogP contribution in [0.5, 0.6) is 0 Å². The maximum absolute atomic E-state index is 10.7. The van der Waals surface area contributed by atoms with Crippen molar-refractivity contribution in [3.8, 4) is 0 Å². The fraction of sp³-hybridized carbons (Fsp3) is 0.154. The van der Waals surface area contributed by atoms with Gasteiger partial charge in [-0.25, -0.2) is 0 Å². The highest BCUT2D eigenvalue weighted by atomic mass is 79.9. The minimum atomic E-state index is -0.104. The molecule has 0 aromatic heterocycles. The smallest absolute Gasteiger partial charge is 0.131 e. The Morgan fingerprint density at radius 3 is 2.56 bits per heavy atom. The summed E-state index contributed by atoms with van der Waals surface area (Å²) >= 11 is 5.14. The van der Waals surface area contributed by atoms with E-state index in [2.05, 4.69) is 47.1 Å². The summed E-state index contributed by atoms with van der Waals surface area (Å²) in [4.78, 5) is 13.0. The Bertz CT molecular complexity index is 459. The molecule has 0 aliphatic heterocycles. The Hall–Kier alpha value is -0.800.